The number of hydrogen-bond donors (Lipinski definition) is 5. The fraction of sp³-hybridized carbons (Fsp3) is 0.560. The first-order valence-corrected chi connectivity index (χ1v) is 12.7. The summed E-state index contributed by atoms with van der Waals surface area (Å²) in [5.41, 5.74) is 7.28. The topological polar surface area (TPSA) is 197 Å². The summed E-state index contributed by atoms with van der Waals surface area (Å²) in [6.07, 6.45) is 0.453. The van der Waals surface area contributed by atoms with E-state index in [1.165, 1.54) is 0 Å². The normalized spacial score (nSPS) is 17.0. The minimum atomic E-state index is -1.03. The van der Waals surface area contributed by atoms with Crippen molar-refractivity contribution in [2.45, 2.75) is 12.8 Å². The highest BCUT2D eigenvalue weighted by Crippen LogP contribution is 2.12. The van der Waals surface area contributed by atoms with Gasteiger partial charge in [0.1, 0.15) is 0 Å². The minimum absolute atomic E-state index is 0.0750. The molecule has 0 saturated carbocycles. The zero-order valence-corrected chi connectivity index (χ0v) is 22.0. The van der Waals surface area contributed by atoms with Gasteiger partial charge < -0.3 is 21.1 Å². The second-order valence-electron chi connectivity index (χ2n) is 9.46. The average Bonchev–Trinajstić information content (AvgIpc) is 2.84. The molecular formula is C25H38N6O8. The molecule has 0 atom stereocenters. The number of imide groups is 1. The predicted molar refractivity (Wildman–Crippen MR) is 141 cm³/mol. The molecule has 2 amide bonds. The van der Waals surface area contributed by atoms with Crippen molar-refractivity contribution in [1.29, 1.82) is 0 Å². The maximum atomic E-state index is 12.7. The molecule has 1 aromatic carbocycles. The molecule has 1 fully saturated rings. The zero-order chi connectivity index (χ0) is 28.8. The number of hydrogen-bond acceptors (Lipinski definition) is 10. The number of carboxylic acid groups (broad SMARTS) is 3. The van der Waals surface area contributed by atoms with Crippen LogP contribution in [0, 0.1) is 0 Å². The number of carboxylic acids is 3. The van der Waals surface area contributed by atoms with Gasteiger partial charge in [0.05, 0.1) is 26.2 Å². The van der Waals surface area contributed by atoms with Crippen LogP contribution >= 0.6 is 0 Å². The Hall–Kier alpha value is -3.59. The lowest BCUT2D eigenvalue weighted by Gasteiger charge is -2.32. The van der Waals surface area contributed by atoms with Crippen molar-refractivity contribution in [3.8, 4) is 0 Å². The molecule has 0 aliphatic carbocycles. The molecule has 1 saturated heterocycles. The van der Waals surface area contributed by atoms with Crippen molar-refractivity contribution in [1.82, 2.24) is 24.9 Å². The number of nitrogens with two attached hydrogens (primary N) is 1. The van der Waals surface area contributed by atoms with Gasteiger partial charge in [0.15, 0.2) is 0 Å². The number of nitrogens with one attached hydrogen (secondary N) is 1. The molecule has 39 heavy (non-hydrogen) atoms. The number of nitrogen functional groups attached to an aromatic ring is 1. The number of anilines is 1. The highest BCUT2D eigenvalue weighted by atomic mass is 16.4. The van der Waals surface area contributed by atoms with Gasteiger partial charge in [-0.25, -0.2) is 0 Å². The van der Waals surface area contributed by atoms with Crippen molar-refractivity contribution >= 4 is 35.4 Å². The minimum Gasteiger partial charge on any atom is -0.480 e. The van der Waals surface area contributed by atoms with E-state index in [1.807, 2.05) is 12.1 Å². The number of benzene rings is 1. The lowest BCUT2D eigenvalue weighted by atomic mass is 10.1. The predicted octanol–water partition coefficient (Wildman–Crippen LogP) is -1.68. The first-order chi connectivity index (χ1) is 18.5. The van der Waals surface area contributed by atoms with Gasteiger partial charge in [0.2, 0.25) is 11.8 Å². The van der Waals surface area contributed by atoms with Crippen molar-refractivity contribution < 1.29 is 39.3 Å². The van der Waals surface area contributed by atoms with Crippen LogP contribution in [0.25, 0.3) is 0 Å². The molecule has 1 aliphatic heterocycles. The standard InChI is InChI=1S/C25H38N6O8/c26-20-4-2-1-3-19(20)5-6-21(32)27-22(33)15-28-7-9-29(16-23(34)35)11-13-31(18-25(38)39)14-12-30(10-8-28)17-24(36)37/h1-4H,5-18,26H2,(H,34,35)(H,36,37)(H,38,39)(H,27,32,33). The second kappa shape index (κ2) is 16.4. The number of rotatable bonds is 11. The van der Waals surface area contributed by atoms with E-state index in [0.29, 0.717) is 12.1 Å². The quantitative estimate of drug-likeness (QED) is 0.196. The molecule has 14 nitrogen and oxygen atoms in total. The van der Waals surface area contributed by atoms with Gasteiger partial charge >= 0.3 is 17.9 Å². The lowest BCUT2D eigenvalue weighted by molar-refractivity contribution is -0.140. The van der Waals surface area contributed by atoms with Crippen LogP contribution in [0.4, 0.5) is 5.69 Å². The van der Waals surface area contributed by atoms with Crippen LogP contribution in [0.3, 0.4) is 0 Å². The van der Waals surface area contributed by atoms with Crippen molar-refractivity contribution in [3.63, 3.8) is 0 Å². The molecule has 1 aliphatic rings. The zero-order valence-electron chi connectivity index (χ0n) is 22.0. The van der Waals surface area contributed by atoms with E-state index in [0.717, 1.165) is 5.56 Å². The average molecular weight is 551 g/mol. The monoisotopic (exact) mass is 550 g/mol. The molecule has 0 unspecified atom stereocenters. The van der Waals surface area contributed by atoms with E-state index in [1.54, 1.807) is 31.7 Å². The second-order valence-corrected chi connectivity index (χ2v) is 9.46. The molecule has 0 radical (unpaired) electrons. The fourth-order valence-corrected chi connectivity index (χ4v) is 4.26. The van der Waals surface area contributed by atoms with Crippen molar-refractivity contribution in [3.05, 3.63) is 29.8 Å². The number of amides is 2. The number of aryl methyl sites for hydroxylation is 1. The third-order valence-corrected chi connectivity index (χ3v) is 6.33. The molecular weight excluding hydrogens is 512 g/mol. The number of carbonyl (C=O) groups is 5. The van der Waals surface area contributed by atoms with E-state index >= 15 is 0 Å². The number of nitrogens with zero attached hydrogens (tertiary/aromatic N) is 4. The SMILES string of the molecule is Nc1ccccc1CCC(=O)NC(=O)CN1CCN(CC(=O)O)CCN(CC(=O)O)CCN(CC(=O)O)CC1. The van der Waals surface area contributed by atoms with E-state index in [9.17, 15) is 39.3 Å². The summed E-state index contributed by atoms with van der Waals surface area (Å²) < 4.78 is 0. The smallest absolute Gasteiger partial charge is 0.317 e. The van der Waals surface area contributed by atoms with E-state index in [4.69, 9.17) is 5.73 Å². The Morgan fingerprint density at radius 2 is 1.03 bits per heavy atom. The van der Waals surface area contributed by atoms with Crippen LogP contribution in [0.5, 0.6) is 0 Å². The largest absolute Gasteiger partial charge is 0.480 e. The highest BCUT2D eigenvalue weighted by molar-refractivity contribution is 5.96. The van der Waals surface area contributed by atoms with Gasteiger partial charge in [-0.2, -0.15) is 0 Å². The third-order valence-electron chi connectivity index (χ3n) is 6.33. The Kier molecular flexibility index (Phi) is 13.3. The summed E-state index contributed by atoms with van der Waals surface area (Å²) >= 11 is 0. The fourth-order valence-electron chi connectivity index (χ4n) is 4.26. The molecule has 1 aromatic rings. The van der Waals surface area contributed by atoms with E-state index < -0.39 is 29.7 Å². The van der Waals surface area contributed by atoms with Crippen LogP contribution < -0.4 is 11.1 Å². The first kappa shape index (κ1) is 31.6. The maximum absolute atomic E-state index is 12.7. The summed E-state index contributed by atoms with van der Waals surface area (Å²) in [6, 6.07) is 7.16. The van der Waals surface area contributed by atoms with Crippen LogP contribution in [-0.4, -0.2) is 143 Å². The molecule has 6 N–H and O–H groups in total. The Balaban J connectivity index is 2.03. The Labute approximate surface area is 226 Å². The third kappa shape index (κ3) is 13.2. The summed E-state index contributed by atoms with van der Waals surface area (Å²) in [5.74, 6) is -4.07. The van der Waals surface area contributed by atoms with Gasteiger partial charge in [-0.1, -0.05) is 18.2 Å². The van der Waals surface area contributed by atoms with E-state index in [-0.39, 0.29) is 85.0 Å². The van der Waals surface area contributed by atoms with Gasteiger partial charge in [-0.3, -0.25) is 48.9 Å². The summed E-state index contributed by atoms with van der Waals surface area (Å²) in [7, 11) is 0. The first-order valence-electron chi connectivity index (χ1n) is 12.7. The number of aliphatic carboxylic acids is 3. The van der Waals surface area contributed by atoms with E-state index in [2.05, 4.69) is 5.32 Å². The lowest BCUT2D eigenvalue weighted by Crippen LogP contribution is -2.50. The summed E-state index contributed by atoms with van der Waals surface area (Å²) in [4.78, 5) is 65.8. The van der Waals surface area contributed by atoms with Gasteiger partial charge in [0, 0.05) is 64.5 Å². The molecule has 216 valence electrons. The molecule has 14 heteroatoms. The molecule has 2 rings (SSSR count). The Morgan fingerprint density at radius 1 is 0.641 bits per heavy atom. The molecule has 0 bridgehead atoms. The molecule has 0 aromatic heterocycles. The van der Waals surface area contributed by atoms with Crippen LogP contribution in [-0.2, 0) is 30.4 Å². The van der Waals surface area contributed by atoms with Crippen LogP contribution in [0.2, 0.25) is 0 Å². The maximum Gasteiger partial charge on any atom is 0.317 e. The summed E-state index contributed by atoms with van der Waals surface area (Å²) in [5, 5.41) is 30.2. The molecule has 0 spiro atoms. The molecule has 1 heterocycles. The summed E-state index contributed by atoms with van der Waals surface area (Å²) in [6.45, 7) is 1.35. The van der Waals surface area contributed by atoms with Crippen molar-refractivity contribution in [2.75, 3.05) is 84.3 Å². The van der Waals surface area contributed by atoms with Gasteiger partial charge in [0.25, 0.3) is 0 Å². The number of carbonyl (C=O) groups excluding carboxylic acids is 2. The van der Waals surface area contributed by atoms with Gasteiger partial charge in [-0.05, 0) is 18.1 Å². The van der Waals surface area contributed by atoms with Crippen molar-refractivity contribution in [2.24, 2.45) is 0 Å². The Morgan fingerprint density at radius 3 is 1.41 bits per heavy atom. The van der Waals surface area contributed by atoms with Gasteiger partial charge in [-0.15, -0.1) is 0 Å². The highest BCUT2D eigenvalue weighted by Gasteiger charge is 2.21. The van der Waals surface area contributed by atoms with Crippen LogP contribution in [0.15, 0.2) is 24.3 Å². The van der Waals surface area contributed by atoms with Crippen LogP contribution in [0.1, 0.15) is 12.0 Å². The number of para-hydroxylation sites is 1. The Bertz CT molecular complexity index is 975.